The van der Waals surface area contributed by atoms with Gasteiger partial charge in [0.1, 0.15) is 5.00 Å². The first-order valence-electron chi connectivity index (χ1n) is 9.16. The van der Waals surface area contributed by atoms with E-state index in [1.165, 1.54) is 26.2 Å². The van der Waals surface area contributed by atoms with Gasteiger partial charge >= 0.3 is 5.97 Å². The minimum absolute atomic E-state index is 0.127. The lowest BCUT2D eigenvalue weighted by atomic mass is 9.94. The van der Waals surface area contributed by atoms with Crippen molar-refractivity contribution in [3.05, 3.63) is 16.0 Å². The van der Waals surface area contributed by atoms with Crippen molar-refractivity contribution in [1.82, 2.24) is 4.90 Å². The molecule has 1 amide bonds. The van der Waals surface area contributed by atoms with E-state index in [1.54, 1.807) is 13.8 Å². The van der Waals surface area contributed by atoms with Gasteiger partial charge < -0.3 is 10.1 Å². The van der Waals surface area contributed by atoms with E-state index in [4.69, 9.17) is 4.74 Å². The third kappa shape index (κ3) is 4.92. The number of hydrogen-bond acceptors (Lipinski definition) is 6. The van der Waals surface area contributed by atoms with Gasteiger partial charge in [0, 0.05) is 6.04 Å². The standard InChI is InChI=1S/C19H28N2O4S/c1-5-25-19(24)16-12(2)17(13(3)22)26-18(16)20-15(23)11-21(4)14-9-7-6-8-10-14/h14H,5-11H2,1-4H3,(H,20,23). The van der Waals surface area contributed by atoms with Crippen LogP contribution in [0.3, 0.4) is 0 Å². The molecule has 1 fully saturated rings. The predicted octanol–water partition coefficient (Wildman–Crippen LogP) is 3.64. The van der Waals surface area contributed by atoms with E-state index in [1.807, 2.05) is 7.05 Å². The van der Waals surface area contributed by atoms with Gasteiger partial charge in [0.25, 0.3) is 0 Å². The summed E-state index contributed by atoms with van der Waals surface area (Å²) in [7, 11) is 1.96. The SMILES string of the molecule is CCOC(=O)c1c(NC(=O)CN(C)C2CCCCC2)sc(C(C)=O)c1C. The molecule has 6 nitrogen and oxygen atoms in total. The number of likely N-dealkylation sites (N-methyl/N-ethyl adjacent to an activating group) is 1. The van der Waals surface area contributed by atoms with Crippen molar-refractivity contribution < 1.29 is 19.1 Å². The number of thiophene rings is 1. The predicted molar refractivity (Wildman–Crippen MR) is 103 cm³/mol. The molecule has 7 heteroatoms. The van der Waals surface area contributed by atoms with E-state index >= 15 is 0 Å². The molecule has 2 rings (SSSR count). The van der Waals surface area contributed by atoms with Gasteiger partial charge in [-0.1, -0.05) is 19.3 Å². The number of Topliss-reactive ketones (excluding diaryl/α,β-unsaturated/α-hetero) is 1. The molecule has 26 heavy (non-hydrogen) atoms. The Morgan fingerprint density at radius 3 is 2.46 bits per heavy atom. The van der Waals surface area contributed by atoms with E-state index in [0.29, 0.717) is 21.5 Å². The first-order chi connectivity index (χ1) is 12.3. The summed E-state index contributed by atoms with van der Waals surface area (Å²) in [5.41, 5.74) is 0.854. The summed E-state index contributed by atoms with van der Waals surface area (Å²) in [5, 5.41) is 3.22. The van der Waals surface area contributed by atoms with Crippen molar-refractivity contribution in [2.75, 3.05) is 25.5 Å². The van der Waals surface area contributed by atoms with Crippen LogP contribution in [-0.4, -0.2) is 48.8 Å². The van der Waals surface area contributed by atoms with E-state index in [-0.39, 0.29) is 30.4 Å². The Morgan fingerprint density at radius 2 is 1.88 bits per heavy atom. The number of anilines is 1. The second-order valence-electron chi connectivity index (χ2n) is 6.79. The van der Waals surface area contributed by atoms with E-state index in [0.717, 1.165) is 24.2 Å². The molecule has 0 atom stereocenters. The molecule has 0 radical (unpaired) electrons. The first kappa shape index (κ1) is 20.6. The summed E-state index contributed by atoms with van der Waals surface area (Å²) in [6.45, 7) is 5.39. The van der Waals surface area contributed by atoms with Gasteiger partial charge in [0.15, 0.2) is 5.78 Å². The van der Waals surface area contributed by atoms with Crippen LogP contribution >= 0.6 is 11.3 Å². The van der Waals surface area contributed by atoms with Gasteiger partial charge in [-0.3, -0.25) is 14.5 Å². The molecule has 144 valence electrons. The van der Waals surface area contributed by atoms with Crippen LogP contribution in [0.25, 0.3) is 0 Å². The number of carbonyl (C=O) groups is 3. The van der Waals surface area contributed by atoms with E-state index in [2.05, 4.69) is 10.2 Å². The van der Waals surface area contributed by atoms with Crippen LogP contribution in [0.5, 0.6) is 0 Å². The Hall–Kier alpha value is -1.73. The van der Waals surface area contributed by atoms with Crippen molar-refractivity contribution in [3.63, 3.8) is 0 Å². The monoisotopic (exact) mass is 380 g/mol. The minimum atomic E-state index is -0.510. The molecule has 1 saturated carbocycles. The molecule has 0 unspecified atom stereocenters. The molecular formula is C19H28N2O4S. The third-order valence-electron chi connectivity index (χ3n) is 4.79. The van der Waals surface area contributed by atoms with Gasteiger partial charge in [-0.15, -0.1) is 11.3 Å². The maximum absolute atomic E-state index is 12.5. The number of ketones is 1. The van der Waals surface area contributed by atoms with Crippen LogP contribution in [0.1, 0.15) is 71.5 Å². The van der Waals surface area contributed by atoms with Crippen molar-refractivity contribution in [1.29, 1.82) is 0 Å². The lowest BCUT2D eigenvalue weighted by Crippen LogP contribution is -2.39. The highest BCUT2D eigenvalue weighted by Gasteiger charge is 2.26. The van der Waals surface area contributed by atoms with E-state index in [9.17, 15) is 14.4 Å². The molecule has 1 aliphatic rings. The summed E-state index contributed by atoms with van der Waals surface area (Å²) in [6.07, 6.45) is 5.90. The summed E-state index contributed by atoms with van der Waals surface area (Å²) < 4.78 is 5.10. The molecule has 0 aliphatic heterocycles. The Kier molecular flexibility index (Phi) is 7.34. The second-order valence-corrected chi connectivity index (χ2v) is 7.81. The van der Waals surface area contributed by atoms with Crippen LogP contribution in [0, 0.1) is 6.92 Å². The molecule has 1 aromatic heterocycles. The molecule has 0 bridgehead atoms. The molecule has 0 saturated heterocycles. The third-order valence-corrected chi connectivity index (χ3v) is 6.10. The van der Waals surface area contributed by atoms with Gasteiger partial charge in [-0.05, 0) is 46.2 Å². The highest BCUT2D eigenvalue weighted by Crippen LogP contribution is 2.34. The maximum atomic E-state index is 12.5. The maximum Gasteiger partial charge on any atom is 0.341 e. The van der Waals surface area contributed by atoms with E-state index < -0.39 is 5.97 Å². The average molecular weight is 381 g/mol. The van der Waals surface area contributed by atoms with Crippen LogP contribution in [0.15, 0.2) is 0 Å². The number of hydrogen-bond donors (Lipinski definition) is 1. The Labute approximate surface area is 158 Å². The average Bonchev–Trinajstić information content (AvgIpc) is 2.92. The quantitative estimate of drug-likeness (QED) is 0.577. The van der Waals surface area contributed by atoms with Crippen molar-refractivity contribution >= 4 is 34.0 Å². The summed E-state index contributed by atoms with van der Waals surface area (Å²) in [4.78, 5) is 39.2. The highest BCUT2D eigenvalue weighted by atomic mass is 32.1. The smallest absolute Gasteiger partial charge is 0.341 e. The molecule has 0 spiro atoms. The zero-order chi connectivity index (χ0) is 19.3. The fraction of sp³-hybridized carbons (Fsp3) is 0.632. The van der Waals surface area contributed by atoms with Gasteiger partial charge in [0.05, 0.1) is 23.6 Å². The Bertz CT molecular complexity index is 677. The number of carbonyl (C=O) groups excluding carboxylic acids is 3. The number of nitrogens with zero attached hydrogens (tertiary/aromatic N) is 1. The lowest BCUT2D eigenvalue weighted by Gasteiger charge is -2.30. The zero-order valence-corrected chi connectivity index (χ0v) is 16.8. The van der Waals surface area contributed by atoms with Crippen LogP contribution in [0.2, 0.25) is 0 Å². The summed E-state index contributed by atoms with van der Waals surface area (Å²) in [5.74, 6) is -0.817. The largest absolute Gasteiger partial charge is 0.462 e. The molecule has 1 heterocycles. The fourth-order valence-corrected chi connectivity index (χ4v) is 4.54. The molecule has 1 aliphatic carbocycles. The number of ether oxygens (including phenoxy) is 1. The minimum Gasteiger partial charge on any atom is -0.462 e. The fourth-order valence-electron chi connectivity index (χ4n) is 3.43. The van der Waals surface area contributed by atoms with Crippen molar-refractivity contribution in [2.45, 2.75) is 58.9 Å². The van der Waals surface area contributed by atoms with Crippen molar-refractivity contribution in [2.24, 2.45) is 0 Å². The number of esters is 1. The zero-order valence-electron chi connectivity index (χ0n) is 16.0. The van der Waals surface area contributed by atoms with Gasteiger partial charge in [0.2, 0.25) is 5.91 Å². The second kappa shape index (κ2) is 9.28. The summed E-state index contributed by atoms with van der Waals surface area (Å²) in [6, 6.07) is 0.428. The highest BCUT2D eigenvalue weighted by molar-refractivity contribution is 7.18. The van der Waals surface area contributed by atoms with Crippen LogP contribution in [0.4, 0.5) is 5.00 Å². The van der Waals surface area contributed by atoms with Crippen LogP contribution in [-0.2, 0) is 9.53 Å². The summed E-state index contributed by atoms with van der Waals surface area (Å²) >= 11 is 1.14. The topological polar surface area (TPSA) is 75.7 Å². The first-order valence-corrected chi connectivity index (χ1v) is 9.98. The lowest BCUT2D eigenvalue weighted by molar-refractivity contribution is -0.117. The molecule has 1 N–H and O–H groups in total. The molecular weight excluding hydrogens is 352 g/mol. The van der Waals surface area contributed by atoms with Crippen molar-refractivity contribution in [3.8, 4) is 0 Å². The Balaban J connectivity index is 2.13. The number of amides is 1. The van der Waals surface area contributed by atoms with Crippen LogP contribution < -0.4 is 5.32 Å². The molecule has 0 aromatic carbocycles. The Morgan fingerprint density at radius 1 is 1.23 bits per heavy atom. The number of nitrogens with one attached hydrogen (secondary N) is 1. The molecule has 1 aromatic rings. The van der Waals surface area contributed by atoms with Gasteiger partial charge in [-0.25, -0.2) is 4.79 Å². The van der Waals surface area contributed by atoms with Gasteiger partial charge in [-0.2, -0.15) is 0 Å². The normalized spacial score (nSPS) is 15.1. The number of rotatable bonds is 7.